The van der Waals surface area contributed by atoms with Crippen molar-refractivity contribution in [3.63, 3.8) is 0 Å². The first-order chi connectivity index (χ1) is 7.77. The third-order valence-corrected chi connectivity index (χ3v) is 3.80. The number of furan rings is 1. The van der Waals surface area contributed by atoms with Crippen LogP contribution in [0.5, 0.6) is 0 Å². The zero-order valence-electron chi connectivity index (χ0n) is 9.40. The zero-order chi connectivity index (χ0) is 11.1. The molecule has 2 aliphatic rings. The Labute approximate surface area is 94.6 Å². The summed E-state index contributed by atoms with van der Waals surface area (Å²) in [7, 11) is 0. The van der Waals surface area contributed by atoms with Crippen molar-refractivity contribution in [2.45, 2.75) is 19.4 Å². The summed E-state index contributed by atoms with van der Waals surface area (Å²) in [5.41, 5.74) is 0.715. The van der Waals surface area contributed by atoms with Gasteiger partial charge >= 0.3 is 0 Å². The maximum atomic E-state index is 12.3. The van der Waals surface area contributed by atoms with Crippen LogP contribution in [0, 0.1) is 12.8 Å². The standard InChI is InChI=1S/C12H16N2O2/c1-8-10(3-5-16-8)12(15)14-4-2-9-6-13-7-11(9)14/h3,5,9,11,13H,2,4,6-7H2,1H3. The normalized spacial score (nSPS) is 28.4. The van der Waals surface area contributed by atoms with Gasteiger partial charge in [-0.25, -0.2) is 0 Å². The lowest BCUT2D eigenvalue weighted by Crippen LogP contribution is -2.39. The van der Waals surface area contributed by atoms with Gasteiger partial charge in [0.2, 0.25) is 0 Å². The van der Waals surface area contributed by atoms with Crippen molar-refractivity contribution in [2.24, 2.45) is 5.92 Å². The van der Waals surface area contributed by atoms with Crippen LogP contribution in [0.15, 0.2) is 16.7 Å². The molecule has 3 rings (SSSR count). The molecular weight excluding hydrogens is 204 g/mol. The third-order valence-electron chi connectivity index (χ3n) is 3.80. The Morgan fingerprint density at radius 3 is 3.19 bits per heavy atom. The molecule has 2 atom stereocenters. The highest BCUT2D eigenvalue weighted by molar-refractivity contribution is 5.95. The average Bonchev–Trinajstić information content (AvgIpc) is 2.90. The minimum atomic E-state index is 0.127. The fourth-order valence-electron chi connectivity index (χ4n) is 2.86. The van der Waals surface area contributed by atoms with E-state index in [2.05, 4.69) is 5.32 Å². The summed E-state index contributed by atoms with van der Waals surface area (Å²) in [6.07, 6.45) is 2.71. The Hall–Kier alpha value is -1.29. The fraction of sp³-hybridized carbons (Fsp3) is 0.583. The van der Waals surface area contributed by atoms with Gasteiger partial charge in [0.05, 0.1) is 11.8 Å². The average molecular weight is 220 g/mol. The van der Waals surface area contributed by atoms with Crippen molar-refractivity contribution >= 4 is 5.91 Å². The van der Waals surface area contributed by atoms with Gasteiger partial charge in [-0.3, -0.25) is 4.79 Å². The number of fused-ring (bicyclic) bond motifs is 1. The van der Waals surface area contributed by atoms with Gasteiger partial charge in [0.1, 0.15) is 5.76 Å². The quantitative estimate of drug-likeness (QED) is 0.768. The molecule has 1 N–H and O–H groups in total. The molecule has 0 aromatic carbocycles. The molecule has 1 aromatic rings. The Morgan fingerprint density at radius 2 is 2.44 bits per heavy atom. The van der Waals surface area contributed by atoms with Gasteiger partial charge in [-0.15, -0.1) is 0 Å². The van der Waals surface area contributed by atoms with E-state index in [1.54, 1.807) is 12.3 Å². The largest absolute Gasteiger partial charge is 0.469 e. The summed E-state index contributed by atoms with van der Waals surface area (Å²) in [5.74, 6) is 1.50. The van der Waals surface area contributed by atoms with E-state index in [0.717, 1.165) is 31.8 Å². The number of carbonyl (C=O) groups is 1. The van der Waals surface area contributed by atoms with Gasteiger partial charge in [0.25, 0.3) is 5.91 Å². The second-order valence-electron chi connectivity index (χ2n) is 4.66. The van der Waals surface area contributed by atoms with Gasteiger partial charge in [-0.1, -0.05) is 0 Å². The number of hydrogen-bond donors (Lipinski definition) is 1. The number of nitrogens with one attached hydrogen (secondary N) is 1. The lowest BCUT2D eigenvalue weighted by atomic mass is 10.0. The number of nitrogens with zero attached hydrogens (tertiary/aromatic N) is 1. The molecule has 0 aliphatic carbocycles. The predicted octanol–water partition coefficient (Wildman–Crippen LogP) is 1.02. The van der Waals surface area contributed by atoms with E-state index in [-0.39, 0.29) is 5.91 Å². The summed E-state index contributed by atoms with van der Waals surface area (Å²) in [6.45, 7) is 4.72. The number of likely N-dealkylation sites (tertiary alicyclic amines) is 1. The molecule has 3 heterocycles. The molecular formula is C12H16N2O2. The number of amides is 1. The Balaban J connectivity index is 1.83. The lowest BCUT2D eigenvalue weighted by molar-refractivity contribution is 0.0735. The molecule has 1 amide bonds. The van der Waals surface area contributed by atoms with E-state index in [4.69, 9.17) is 4.42 Å². The minimum absolute atomic E-state index is 0.127. The van der Waals surface area contributed by atoms with E-state index in [0.29, 0.717) is 17.5 Å². The van der Waals surface area contributed by atoms with Crippen LogP contribution < -0.4 is 5.32 Å². The van der Waals surface area contributed by atoms with Crippen LogP contribution in [0.25, 0.3) is 0 Å². The molecule has 0 spiro atoms. The van der Waals surface area contributed by atoms with Crippen LogP contribution in [-0.4, -0.2) is 36.5 Å². The maximum absolute atomic E-state index is 12.3. The van der Waals surface area contributed by atoms with Crippen molar-refractivity contribution in [1.82, 2.24) is 10.2 Å². The summed E-state index contributed by atoms with van der Waals surface area (Å²) in [6, 6.07) is 2.16. The van der Waals surface area contributed by atoms with Crippen LogP contribution in [0.2, 0.25) is 0 Å². The van der Waals surface area contributed by atoms with Crippen LogP contribution in [0.1, 0.15) is 22.5 Å². The minimum Gasteiger partial charge on any atom is -0.469 e. The van der Waals surface area contributed by atoms with E-state index in [1.165, 1.54) is 0 Å². The maximum Gasteiger partial charge on any atom is 0.257 e. The number of aryl methyl sites for hydroxylation is 1. The van der Waals surface area contributed by atoms with Crippen molar-refractivity contribution in [1.29, 1.82) is 0 Å². The molecule has 4 heteroatoms. The fourth-order valence-corrected chi connectivity index (χ4v) is 2.86. The van der Waals surface area contributed by atoms with Crippen LogP contribution in [0.3, 0.4) is 0 Å². The molecule has 1 aromatic heterocycles. The number of rotatable bonds is 1. The van der Waals surface area contributed by atoms with E-state index < -0.39 is 0 Å². The van der Waals surface area contributed by atoms with E-state index in [1.807, 2.05) is 11.8 Å². The van der Waals surface area contributed by atoms with Crippen LogP contribution >= 0.6 is 0 Å². The highest BCUT2D eigenvalue weighted by Gasteiger charge is 2.40. The molecule has 2 fully saturated rings. The smallest absolute Gasteiger partial charge is 0.257 e. The molecule has 4 nitrogen and oxygen atoms in total. The van der Waals surface area contributed by atoms with Crippen molar-refractivity contribution in [2.75, 3.05) is 19.6 Å². The molecule has 2 saturated heterocycles. The Kier molecular flexibility index (Phi) is 2.24. The van der Waals surface area contributed by atoms with Crippen LogP contribution in [0.4, 0.5) is 0 Å². The Morgan fingerprint density at radius 1 is 1.56 bits per heavy atom. The van der Waals surface area contributed by atoms with E-state index >= 15 is 0 Å². The molecule has 0 saturated carbocycles. The monoisotopic (exact) mass is 220 g/mol. The molecule has 16 heavy (non-hydrogen) atoms. The van der Waals surface area contributed by atoms with Gasteiger partial charge in [0, 0.05) is 25.7 Å². The first-order valence-electron chi connectivity index (χ1n) is 5.83. The molecule has 0 bridgehead atoms. The van der Waals surface area contributed by atoms with Gasteiger partial charge in [-0.05, 0) is 25.3 Å². The van der Waals surface area contributed by atoms with Crippen LogP contribution in [-0.2, 0) is 0 Å². The second kappa shape index (κ2) is 3.63. The second-order valence-corrected chi connectivity index (χ2v) is 4.66. The summed E-state index contributed by atoms with van der Waals surface area (Å²) < 4.78 is 5.19. The lowest BCUT2D eigenvalue weighted by Gasteiger charge is -2.23. The summed E-state index contributed by atoms with van der Waals surface area (Å²) in [5, 5.41) is 3.35. The summed E-state index contributed by atoms with van der Waals surface area (Å²) in [4.78, 5) is 14.3. The van der Waals surface area contributed by atoms with Crippen molar-refractivity contribution in [3.8, 4) is 0 Å². The molecule has 86 valence electrons. The van der Waals surface area contributed by atoms with Gasteiger partial charge < -0.3 is 14.6 Å². The molecule has 2 aliphatic heterocycles. The third kappa shape index (κ3) is 1.37. The Bertz CT molecular complexity index is 413. The summed E-state index contributed by atoms with van der Waals surface area (Å²) >= 11 is 0. The first-order valence-corrected chi connectivity index (χ1v) is 5.83. The van der Waals surface area contributed by atoms with Crippen molar-refractivity contribution in [3.05, 3.63) is 23.7 Å². The van der Waals surface area contributed by atoms with Crippen molar-refractivity contribution < 1.29 is 9.21 Å². The number of hydrogen-bond acceptors (Lipinski definition) is 3. The SMILES string of the molecule is Cc1occc1C(=O)N1CCC2CNCC21. The zero-order valence-corrected chi connectivity index (χ0v) is 9.40. The van der Waals surface area contributed by atoms with Gasteiger partial charge in [-0.2, -0.15) is 0 Å². The predicted molar refractivity (Wildman–Crippen MR) is 59.2 cm³/mol. The molecule has 2 unspecified atom stereocenters. The van der Waals surface area contributed by atoms with Gasteiger partial charge in [0.15, 0.2) is 0 Å². The molecule has 0 radical (unpaired) electrons. The number of carbonyl (C=O) groups excluding carboxylic acids is 1. The topological polar surface area (TPSA) is 45.5 Å². The van der Waals surface area contributed by atoms with E-state index in [9.17, 15) is 4.79 Å². The highest BCUT2D eigenvalue weighted by atomic mass is 16.3. The highest BCUT2D eigenvalue weighted by Crippen LogP contribution is 2.29. The first kappa shape index (κ1) is 9.90.